The Hall–Kier alpha value is -1.62. The molecule has 0 bridgehead atoms. The average Bonchev–Trinajstić information content (AvgIpc) is 2.05. The SMILES string of the molecule is [C-]#[N+]c1cncc(C=C)c1. The molecule has 0 aliphatic heterocycles. The molecule has 10 heavy (non-hydrogen) atoms. The minimum Gasteiger partial charge on any atom is -0.276 e. The van der Waals surface area contributed by atoms with Gasteiger partial charge in [-0.05, 0) is 11.6 Å². The van der Waals surface area contributed by atoms with E-state index in [4.69, 9.17) is 6.57 Å². The minimum absolute atomic E-state index is 0.553. The van der Waals surface area contributed by atoms with E-state index < -0.39 is 0 Å². The van der Waals surface area contributed by atoms with E-state index in [2.05, 4.69) is 16.4 Å². The summed E-state index contributed by atoms with van der Waals surface area (Å²) in [6.07, 6.45) is 4.86. The molecule has 0 unspecified atom stereocenters. The van der Waals surface area contributed by atoms with E-state index in [9.17, 15) is 0 Å². The van der Waals surface area contributed by atoms with Gasteiger partial charge in [0, 0.05) is 12.4 Å². The van der Waals surface area contributed by atoms with Crippen molar-refractivity contribution in [2.75, 3.05) is 0 Å². The predicted octanol–water partition coefficient (Wildman–Crippen LogP) is 2.28. The van der Waals surface area contributed by atoms with Crippen LogP contribution in [-0.4, -0.2) is 4.98 Å². The van der Waals surface area contributed by atoms with Crippen molar-refractivity contribution in [1.82, 2.24) is 4.98 Å². The van der Waals surface area contributed by atoms with Gasteiger partial charge >= 0.3 is 0 Å². The smallest absolute Gasteiger partial charge is 0.205 e. The van der Waals surface area contributed by atoms with Gasteiger partial charge in [-0.15, -0.1) is 0 Å². The van der Waals surface area contributed by atoms with Gasteiger partial charge in [0.05, 0.1) is 6.57 Å². The number of rotatable bonds is 1. The maximum Gasteiger partial charge on any atom is 0.205 e. The first-order chi connectivity index (χ1) is 4.86. The summed E-state index contributed by atoms with van der Waals surface area (Å²) in [7, 11) is 0. The molecule has 1 heterocycles. The van der Waals surface area contributed by atoms with Gasteiger partial charge in [0.15, 0.2) is 0 Å². The highest BCUT2D eigenvalue weighted by Crippen LogP contribution is 2.11. The largest absolute Gasteiger partial charge is 0.276 e. The molecular formula is C8H6N2. The molecule has 0 radical (unpaired) electrons. The number of aromatic nitrogens is 1. The van der Waals surface area contributed by atoms with Crippen molar-refractivity contribution in [1.29, 1.82) is 0 Å². The van der Waals surface area contributed by atoms with E-state index in [0.717, 1.165) is 5.56 Å². The Labute approximate surface area is 59.7 Å². The standard InChI is InChI=1S/C8H6N2/c1-3-7-4-8(9-2)6-10-5-7/h3-6H,1H2. The van der Waals surface area contributed by atoms with Crippen LogP contribution in [0.15, 0.2) is 25.0 Å². The van der Waals surface area contributed by atoms with E-state index >= 15 is 0 Å². The third-order valence-corrected chi connectivity index (χ3v) is 1.11. The fourth-order valence-corrected chi connectivity index (χ4v) is 0.618. The van der Waals surface area contributed by atoms with E-state index in [1.165, 1.54) is 6.20 Å². The minimum atomic E-state index is 0.553. The van der Waals surface area contributed by atoms with Gasteiger partial charge in [-0.3, -0.25) is 4.98 Å². The van der Waals surface area contributed by atoms with Gasteiger partial charge in [-0.25, -0.2) is 4.85 Å². The van der Waals surface area contributed by atoms with Crippen molar-refractivity contribution in [2.24, 2.45) is 0 Å². The van der Waals surface area contributed by atoms with Crippen LogP contribution in [0.5, 0.6) is 0 Å². The monoisotopic (exact) mass is 130 g/mol. The van der Waals surface area contributed by atoms with Gasteiger partial charge in [-0.1, -0.05) is 12.7 Å². The summed E-state index contributed by atoms with van der Waals surface area (Å²) >= 11 is 0. The molecule has 0 amide bonds. The molecule has 0 saturated heterocycles. The Balaban J connectivity index is 3.13. The second-order valence-electron chi connectivity index (χ2n) is 1.79. The first kappa shape index (κ1) is 6.50. The maximum absolute atomic E-state index is 6.67. The first-order valence-corrected chi connectivity index (χ1v) is 2.82. The second kappa shape index (κ2) is 2.79. The van der Waals surface area contributed by atoms with Gasteiger partial charge in [-0.2, -0.15) is 0 Å². The zero-order chi connectivity index (χ0) is 7.40. The number of hydrogen-bond donors (Lipinski definition) is 0. The van der Waals surface area contributed by atoms with Crippen LogP contribution in [0.2, 0.25) is 0 Å². The lowest BCUT2D eigenvalue weighted by Crippen LogP contribution is -1.72. The molecular weight excluding hydrogens is 124 g/mol. The lowest BCUT2D eigenvalue weighted by molar-refractivity contribution is 1.33. The van der Waals surface area contributed by atoms with Crippen LogP contribution >= 0.6 is 0 Å². The second-order valence-corrected chi connectivity index (χ2v) is 1.79. The highest BCUT2D eigenvalue weighted by molar-refractivity contribution is 5.54. The fraction of sp³-hybridized carbons (Fsp3) is 0. The Morgan fingerprint density at radius 1 is 1.60 bits per heavy atom. The van der Waals surface area contributed by atoms with Gasteiger partial charge in [0.1, 0.15) is 0 Å². The van der Waals surface area contributed by atoms with Crippen LogP contribution in [0.4, 0.5) is 5.69 Å². The molecule has 0 spiro atoms. The van der Waals surface area contributed by atoms with E-state index in [1.807, 2.05) is 0 Å². The zero-order valence-corrected chi connectivity index (χ0v) is 5.41. The van der Waals surface area contributed by atoms with Crippen molar-refractivity contribution in [3.63, 3.8) is 0 Å². The summed E-state index contributed by atoms with van der Waals surface area (Å²) < 4.78 is 0. The predicted molar refractivity (Wildman–Crippen MR) is 40.6 cm³/mol. The topological polar surface area (TPSA) is 17.2 Å². The van der Waals surface area contributed by atoms with E-state index in [1.54, 1.807) is 18.3 Å². The summed E-state index contributed by atoms with van der Waals surface area (Å²) in [5.74, 6) is 0. The van der Waals surface area contributed by atoms with Crippen molar-refractivity contribution >= 4 is 11.8 Å². The first-order valence-electron chi connectivity index (χ1n) is 2.82. The molecule has 0 aliphatic rings. The molecule has 2 nitrogen and oxygen atoms in total. The van der Waals surface area contributed by atoms with Crippen molar-refractivity contribution in [3.05, 3.63) is 42.0 Å². The number of hydrogen-bond acceptors (Lipinski definition) is 1. The highest BCUT2D eigenvalue weighted by atomic mass is 14.7. The third kappa shape index (κ3) is 1.20. The van der Waals surface area contributed by atoms with Crippen LogP contribution in [0.1, 0.15) is 5.56 Å². The van der Waals surface area contributed by atoms with Crippen LogP contribution < -0.4 is 0 Å². The third-order valence-electron chi connectivity index (χ3n) is 1.11. The Morgan fingerprint density at radius 2 is 2.40 bits per heavy atom. The van der Waals surface area contributed by atoms with Gasteiger partial charge < -0.3 is 0 Å². The molecule has 0 aromatic carbocycles. The Morgan fingerprint density at radius 3 is 3.00 bits per heavy atom. The Bertz CT molecular complexity index is 284. The molecule has 0 aliphatic carbocycles. The van der Waals surface area contributed by atoms with E-state index in [0.29, 0.717) is 5.69 Å². The summed E-state index contributed by atoms with van der Waals surface area (Å²) in [6.45, 7) is 10.2. The molecule has 1 rings (SSSR count). The van der Waals surface area contributed by atoms with Crippen molar-refractivity contribution in [2.45, 2.75) is 0 Å². The summed E-state index contributed by atoms with van der Waals surface area (Å²) in [5, 5.41) is 0. The lowest BCUT2D eigenvalue weighted by atomic mass is 10.3. The Kier molecular flexibility index (Phi) is 1.81. The molecule has 2 heteroatoms. The van der Waals surface area contributed by atoms with Gasteiger partial charge in [0.25, 0.3) is 0 Å². The van der Waals surface area contributed by atoms with Crippen molar-refractivity contribution < 1.29 is 0 Å². The highest BCUT2D eigenvalue weighted by Gasteiger charge is 1.89. The van der Waals surface area contributed by atoms with Gasteiger partial charge in [0.2, 0.25) is 5.69 Å². The summed E-state index contributed by atoms with van der Waals surface area (Å²) in [5.41, 5.74) is 1.44. The number of nitrogens with zero attached hydrogens (tertiary/aromatic N) is 2. The fourth-order valence-electron chi connectivity index (χ4n) is 0.618. The summed E-state index contributed by atoms with van der Waals surface area (Å²) in [4.78, 5) is 7.06. The molecule has 0 saturated carbocycles. The molecule has 0 fully saturated rings. The normalized spacial score (nSPS) is 8.30. The number of pyridine rings is 1. The lowest BCUT2D eigenvalue weighted by Gasteiger charge is -1.90. The zero-order valence-electron chi connectivity index (χ0n) is 5.41. The van der Waals surface area contributed by atoms with Crippen LogP contribution in [0.3, 0.4) is 0 Å². The van der Waals surface area contributed by atoms with Crippen molar-refractivity contribution in [3.8, 4) is 0 Å². The van der Waals surface area contributed by atoms with E-state index in [-0.39, 0.29) is 0 Å². The maximum atomic E-state index is 6.67. The molecule has 48 valence electrons. The molecule has 1 aromatic rings. The molecule has 0 atom stereocenters. The quantitative estimate of drug-likeness (QED) is 0.533. The van der Waals surface area contributed by atoms with Crippen LogP contribution in [-0.2, 0) is 0 Å². The summed E-state index contributed by atoms with van der Waals surface area (Å²) in [6, 6.07) is 1.74. The molecule has 0 N–H and O–H groups in total. The van der Waals surface area contributed by atoms with Crippen LogP contribution in [0, 0.1) is 6.57 Å². The van der Waals surface area contributed by atoms with Crippen LogP contribution in [0.25, 0.3) is 10.9 Å². The molecule has 1 aromatic heterocycles. The average molecular weight is 130 g/mol.